The number of nitrogens with zero attached hydrogens (tertiary/aromatic N) is 3. The first-order valence-corrected chi connectivity index (χ1v) is 5.60. The maximum atomic E-state index is 8.56. The van der Waals surface area contributed by atoms with Crippen molar-refractivity contribution >= 4 is 11.7 Å². The third kappa shape index (κ3) is 2.87. The molecule has 0 unspecified atom stereocenters. The average Bonchev–Trinajstić information content (AvgIpc) is 2.37. The molecule has 1 aromatic rings. The molecule has 0 fully saturated rings. The maximum absolute atomic E-state index is 8.56. The van der Waals surface area contributed by atoms with Crippen LogP contribution in [0.2, 0.25) is 0 Å². The van der Waals surface area contributed by atoms with Gasteiger partial charge in [0.25, 0.3) is 0 Å². The standard InChI is InChI=1S/C12H20N4O/c1-5-12(2,3)16(4)10-7-6-9(8-14-10)11(13)15-17/h6-8,17H,5H2,1-4H3,(H2,13,15). The third-order valence-electron chi connectivity index (χ3n) is 3.27. The Balaban J connectivity index is 2.95. The highest BCUT2D eigenvalue weighted by Crippen LogP contribution is 2.22. The van der Waals surface area contributed by atoms with Crippen molar-refractivity contribution in [2.75, 3.05) is 11.9 Å². The molecule has 0 bridgehead atoms. The van der Waals surface area contributed by atoms with Crippen LogP contribution in [0.1, 0.15) is 32.8 Å². The van der Waals surface area contributed by atoms with Gasteiger partial charge in [-0.05, 0) is 32.4 Å². The smallest absolute Gasteiger partial charge is 0.171 e. The van der Waals surface area contributed by atoms with Gasteiger partial charge in [0.2, 0.25) is 0 Å². The molecule has 17 heavy (non-hydrogen) atoms. The first kappa shape index (κ1) is 13.3. The van der Waals surface area contributed by atoms with E-state index in [0.717, 1.165) is 12.2 Å². The second-order valence-electron chi connectivity index (χ2n) is 4.62. The molecule has 0 spiro atoms. The van der Waals surface area contributed by atoms with Crippen LogP contribution in [0.3, 0.4) is 0 Å². The zero-order valence-electron chi connectivity index (χ0n) is 10.8. The SMILES string of the molecule is CCC(C)(C)N(C)c1ccc(C(N)=NO)cn1. The van der Waals surface area contributed by atoms with Crippen molar-refractivity contribution in [3.8, 4) is 0 Å². The zero-order chi connectivity index (χ0) is 13.1. The lowest BCUT2D eigenvalue weighted by molar-refractivity contribution is 0.318. The summed E-state index contributed by atoms with van der Waals surface area (Å²) in [5.74, 6) is 0.938. The second-order valence-corrected chi connectivity index (χ2v) is 4.62. The van der Waals surface area contributed by atoms with Crippen LogP contribution in [0.25, 0.3) is 0 Å². The summed E-state index contributed by atoms with van der Waals surface area (Å²) in [6.07, 6.45) is 2.62. The molecule has 5 heteroatoms. The molecule has 94 valence electrons. The van der Waals surface area contributed by atoms with Gasteiger partial charge in [-0.25, -0.2) is 4.98 Å². The van der Waals surface area contributed by atoms with Gasteiger partial charge in [0.15, 0.2) is 5.84 Å². The minimum Gasteiger partial charge on any atom is -0.409 e. The fraction of sp³-hybridized carbons (Fsp3) is 0.500. The monoisotopic (exact) mass is 236 g/mol. The summed E-state index contributed by atoms with van der Waals surface area (Å²) < 4.78 is 0. The summed E-state index contributed by atoms with van der Waals surface area (Å²) in [5.41, 5.74) is 6.14. The fourth-order valence-corrected chi connectivity index (χ4v) is 1.34. The molecule has 5 nitrogen and oxygen atoms in total. The Labute approximate surface area is 102 Å². The summed E-state index contributed by atoms with van der Waals surface area (Å²) >= 11 is 0. The minimum absolute atomic E-state index is 0.0468. The molecule has 1 rings (SSSR count). The Kier molecular flexibility index (Phi) is 3.93. The highest BCUT2D eigenvalue weighted by Gasteiger charge is 2.22. The number of anilines is 1. The van der Waals surface area contributed by atoms with E-state index in [-0.39, 0.29) is 11.4 Å². The lowest BCUT2D eigenvalue weighted by Crippen LogP contribution is -2.41. The summed E-state index contributed by atoms with van der Waals surface area (Å²) in [6.45, 7) is 6.46. The van der Waals surface area contributed by atoms with E-state index in [0.29, 0.717) is 5.56 Å². The Morgan fingerprint density at radius 2 is 2.18 bits per heavy atom. The van der Waals surface area contributed by atoms with Crippen molar-refractivity contribution in [2.24, 2.45) is 10.9 Å². The molecule has 3 N–H and O–H groups in total. The van der Waals surface area contributed by atoms with E-state index in [2.05, 4.69) is 35.8 Å². The number of pyridine rings is 1. The van der Waals surface area contributed by atoms with Crippen molar-refractivity contribution in [3.05, 3.63) is 23.9 Å². The molecule has 1 aromatic heterocycles. The number of hydrogen-bond donors (Lipinski definition) is 2. The molecular weight excluding hydrogens is 216 g/mol. The van der Waals surface area contributed by atoms with Gasteiger partial charge in [-0.3, -0.25) is 0 Å². The average molecular weight is 236 g/mol. The molecule has 0 saturated heterocycles. The number of amidine groups is 1. The van der Waals surface area contributed by atoms with Gasteiger partial charge in [-0.2, -0.15) is 0 Å². The minimum atomic E-state index is 0.0468. The molecule has 0 saturated carbocycles. The van der Waals surface area contributed by atoms with Crippen LogP contribution in [0.5, 0.6) is 0 Å². The summed E-state index contributed by atoms with van der Waals surface area (Å²) in [7, 11) is 2.01. The number of hydrogen-bond acceptors (Lipinski definition) is 4. The largest absolute Gasteiger partial charge is 0.409 e. The molecule has 0 amide bonds. The molecular formula is C12H20N4O. The van der Waals surface area contributed by atoms with E-state index < -0.39 is 0 Å². The lowest BCUT2D eigenvalue weighted by Gasteiger charge is -2.35. The van der Waals surface area contributed by atoms with E-state index in [1.807, 2.05) is 13.1 Å². The predicted octanol–water partition coefficient (Wildman–Crippen LogP) is 1.80. The lowest BCUT2D eigenvalue weighted by atomic mass is 10.00. The van der Waals surface area contributed by atoms with Crippen molar-refractivity contribution in [2.45, 2.75) is 32.7 Å². The van der Waals surface area contributed by atoms with E-state index in [4.69, 9.17) is 10.9 Å². The third-order valence-corrected chi connectivity index (χ3v) is 3.27. The topological polar surface area (TPSA) is 74.7 Å². The Morgan fingerprint density at radius 3 is 2.59 bits per heavy atom. The molecule has 0 radical (unpaired) electrons. The molecule has 0 aliphatic heterocycles. The zero-order valence-corrected chi connectivity index (χ0v) is 10.8. The molecule has 0 aliphatic rings. The predicted molar refractivity (Wildman–Crippen MR) is 69.5 cm³/mol. The van der Waals surface area contributed by atoms with Gasteiger partial charge < -0.3 is 15.8 Å². The summed E-state index contributed by atoms with van der Waals surface area (Å²) in [5, 5.41) is 11.5. The quantitative estimate of drug-likeness (QED) is 0.362. The van der Waals surface area contributed by atoms with Crippen molar-refractivity contribution in [3.63, 3.8) is 0 Å². The first-order valence-electron chi connectivity index (χ1n) is 5.60. The van der Waals surface area contributed by atoms with Gasteiger partial charge >= 0.3 is 0 Å². The van der Waals surface area contributed by atoms with Crippen LogP contribution in [0.4, 0.5) is 5.82 Å². The number of nitrogens with two attached hydrogens (primary N) is 1. The van der Waals surface area contributed by atoms with Crippen LogP contribution in [-0.2, 0) is 0 Å². The number of oxime groups is 1. The first-order chi connectivity index (χ1) is 7.92. The summed E-state index contributed by atoms with van der Waals surface area (Å²) in [4.78, 5) is 6.43. The Morgan fingerprint density at radius 1 is 1.53 bits per heavy atom. The van der Waals surface area contributed by atoms with Gasteiger partial charge in [0.05, 0.1) is 0 Å². The van der Waals surface area contributed by atoms with Crippen LogP contribution in [0.15, 0.2) is 23.5 Å². The van der Waals surface area contributed by atoms with E-state index in [1.165, 1.54) is 0 Å². The fourth-order valence-electron chi connectivity index (χ4n) is 1.34. The van der Waals surface area contributed by atoms with Crippen molar-refractivity contribution < 1.29 is 5.21 Å². The molecule has 0 atom stereocenters. The van der Waals surface area contributed by atoms with Crippen molar-refractivity contribution in [1.82, 2.24) is 4.98 Å². The Bertz CT molecular complexity index is 397. The Hall–Kier alpha value is -1.78. The maximum Gasteiger partial charge on any atom is 0.171 e. The normalized spacial score (nSPS) is 12.6. The van der Waals surface area contributed by atoms with Gasteiger partial charge in [0, 0.05) is 24.3 Å². The van der Waals surface area contributed by atoms with E-state index >= 15 is 0 Å². The highest BCUT2D eigenvalue weighted by molar-refractivity contribution is 5.96. The van der Waals surface area contributed by atoms with Crippen LogP contribution in [-0.4, -0.2) is 28.6 Å². The molecule has 1 heterocycles. The van der Waals surface area contributed by atoms with Crippen LogP contribution in [0, 0.1) is 0 Å². The molecule has 0 aromatic carbocycles. The number of aromatic nitrogens is 1. The van der Waals surface area contributed by atoms with E-state index in [9.17, 15) is 0 Å². The van der Waals surface area contributed by atoms with Gasteiger partial charge in [-0.1, -0.05) is 12.1 Å². The second kappa shape index (κ2) is 5.03. The highest BCUT2D eigenvalue weighted by atomic mass is 16.4. The van der Waals surface area contributed by atoms with Gasteiger partial charge in [0.1, 0.15) is 5.82 Å². The van der Waals surface area contributed by atoms with Gasteiger partial charge in [-0.15, -0.1) is 0 Å². The molecule has 0 aliphatic carbocycles. The van der Waals surface area contributed by atoms with Crippen molar-refractivity contribution in [1.29, 1.82) is 0 Å². The van der Waals surface area contributed by atoms with Crippen LogP contribution < -0.4 is 10.6 Å². The number of rotatable bonds is 4. The van der Waals surface area contributed by atoms with E-state index in [1.54, 1.807) is 12.3 Å². The van der Waals surface area contributed by atoms with Crippen LogP contribution >= 0.6 is 0 Å². The summed E-state index contributed by atoms with van der Waals surface area (Å²) in [6, 6.07) is 3.66.